The minimum atomic E-state index is -0.958. The van der Waals surface area contributed by atoms with Gasteiger partial charge in [0.2, 0.25) is 0 Å². The first-order valence-electron chi connectivity index (χ1n) is 11.0. The summed E-state index contributed by atoms with van der Waals surface area (Å²) in [5, 5.41) is 11.9. The van der Waals surface area contributed by atoms with Crippen molar-refractivity contribution in [1.29, 1.82) is 0 Å². The maximum atomic E-state index is 13.4. The normalized spacial score (nSPS) is 16.7. The van der Waals surface area contributed by atoms with Crippen LogP contribution in [0, 0.1) is 0 Å². The molecule has 1 heterocycles. The zero-order valence-corrected chi connectivity index (χ0v) is 22.6. The van der Waals surface area contributed by atoms with E-state index >= 15 is 0 Å². The van der Waals surface area contributed by atoms with Gasteiger partial charge in [0.1, 0.15) is 11.5 Å². The third-order valence-electron chi connectivity index (χ3n) is 6.06. The van der Waals surface area contributed by atoms with Crippen LogP contribution in [0.4, 0.5) is 11.4 Å². The summed E-state index contributed by atoms with van der Waals surface area (Å²) in [7, 11) is 6.69. The molecule has 1 saturated heterocycles. The average molecular weight is 562 g/mol. The summed E-state index contributed by atoms with van der Waals surface area (Å²) < 4.78 is 10.4. The highest BCUT2D eigenvalue weighted by atomic mass is 35.5. The number of Topliss-reactive ketones (excluding diaryl/α,β-unsaturated/α-hetero) is 1. The Balaban J connectivity index is 1.95. The van der Waals surface area contributed by atoms with Crippen molar-refractivity contribution in [2.75, 3.05) is 38.1 Å². The Morgan fingerprint density at radius 2 is 1.51 bits per heavy atom. The van der Waals surface area contributed by atoms with Crippen LogP contribution in [0.25, 0.3) is 5.76 Å². The van der Waals surface area contributed by atoms with E-state index in [2.05, 4.69) is 0 Å². The van der Waals surface area contributed by atoms with E-state index in [0.717, 1.165) is 5.69 Å². The summed E-state index contributed by atoms with van der Waals surface area (Å²) >= 11 is 18.9. The topological polar surface area (TPSA) is 79.3 Å². The first kappa shape index (κ1) is 26.7. The lowest BCUT2D eigenvalue weighted by molar-refractivity contribution is -0.132. The van der Waals surface area contributed by atoms with Crippen molar-refractivity contribution in [1.82, 2.24) is 0 Å². The summed E-state index contributed by atoms with van der Waals surface area (Å²) in [4.78, 5) is 30.0. The second-order valence-corrected chi connectivity index (χ2v) is 9.67. The highest BCUT2D eigenvalue weighted by Gasteiger charge is 2.47. The number of benzene rings is 3. The molecule has 7 nitrogen and oxygen atoms in total. The lowest BCUT2D eigenvalue weighted by Gasteiger charge is -2.26. The SMILES string of the molecule is COc1ccc(N2C(=O)C(=O)/C(=C(/O)c3cc(Cl)c(OC)c(Cl)c3)C2c2ccc(N(C)C)cc2)cc1Cl. The first-order chi connectivity index (χ1) is 17.6. The lowest BCUT2D eigenvalue weighted by atomic mass is 9.94. The number of hydrogen-bond acceptors (Lipinski definition) is 6. The summed E-state index contributed by atoms with van der Waals surface area (Å²) in [6, 6.07) is 14.0. The second-order valence-electron chi connectivity index (χ2n) is 8.45. The molecule has 3 aromatic carbocycles. The summed E-state index contributed by atoms with van der Waals surface area (Å²) in [6.07, 6.45) is 0. The largest absolute Gasteiger partial charge is 0.507 e. The minimum Gasteiger partial charge on any atom is -0.507 e. The van der Waals surface area contributed by atoms with E-state index in [0.29, 0.717) is 17.0 Å². The van der Waals surface area contributed by atoms with Gasteiger partial charge in [0, 0.05) is 31.0 Å². The van der Waals surface area contributed by atoms with Gasteiger partial charge in [0.15, 0.2) is 5.75 Å². The number of aliphatic hydroxyl groups is 1. The summed E-state index contributed by atoms with van der Waals surface area (Å²) in [5.41, 5.74) is 1.92. The van der Waals surface area contributed by atoms with Crippen molar-refractivity contribution in [3.63, 3.8) is 0 Å². The van der Waals surface area contributed by atoms with Crippen molar-refractivity contribution in [3.8, 4) is 11.5 Å². The van der Waals surface area contributed by atoms with Crippen LogP contribution in [0.5, 0.6) is 11.5 Å². The number of anilines is 2. The van der Waals surface area contributed by atoms with Gasteiger partial charge in [-0.25, -0.2) is 0 Å². The first-order valence-corrected chi connectivity index (χ1v) is 12.2. The number of halogens is 3. The van der Waals surface area contributed by atoms with Gasteiger partial charge in [-0.05, 0) is 48.0 Å². The molecule has 0 saturated carbocycles. The number of nitrogens with zero attached hydrogens (tertiary/aromatic N) is 2. The molecule has 0 spiro atoms. The molecular formula is C27H23Cl3N2O5. The molecule has 0 bridgehead atoms. The van der Waals surface area contributed by atoms with Crippen LogP contribution < -0.4 is 19.3 Å². The zero-order chi connectivity index (χ0) is 27.0. The lowest BCUT2D eigenvalue weighted by Crippen LogP contribution is -2.29. The Morgan fingerprint density at radius 1 is 0.892 bits per heavy atom. The van der Waals surface area contributed by atoms with Gasteiger partial charge >= 0.3 is 0 Å². The minimum absolute atomic E-state index is 0.119. The monoisotopic (exact) mass is 560 g/mol. The van der Waals surface area contributed by atoms with Crippen LogP contribution in [-0.4, -0.2) is 45.1 Å². The predicted octanol–water partition coefficient (Wildman–Crippen LogP) is 6.36. The molecule has 0 aliphatic carbocycles. The Kier molecular flexibility index (Phi) is 7.59. The molecule has 1 amide bonds. The van der Waals surface area contributed by atoms with E-state index in [-0.39, 0.29) is 32.0 Å². The van der Waals surface area contributed by atoms with Crippen LogP contribution >= 0.6 is 34.8 Å². The molecule has 1 atom stereocenters. The molecule has 0 aromatic heterocycles. The van der Waals surface area contributed by atoms with Crippen molar-refractivity contribution in [2.45, 2.75) is 6.04 Å². The third-order valence-corrected chi connectivity index (χ3v) is 6.92. The Labute approximate surface area is 229 Å². The number of carbonyl (C=O) groups excluding carboxylic acids is 2. The molecule has 192 valence electrons. The predicted molar refractivity (Wildman–Crippen MR) is 147 cm³/mol. The van der Waals surface area contributed by atoms with Crippen LogP contribution in [-0.2, 0) is 9.59 Å². The van der Waals surface area contributed by atoms with E-state index in [1.165, 1.54) is 37.3 Å². The molecule has 4 rings (SSSR count). The number of methoxy groups -OCH3 is 2. The van der Waals surface area contributed by atoms with Gasteiger partial charge < -0.3 is 19.5 Å². The third kappa shape index (κ3) is 4.82. The standard InChI is InChI=1S/C27H23Cl3N2O5/c1-31(2)16-7-5-14(6-8-16)23-22(24(33)15-11-19(29)26(37-4)20(30)12-15)25(34)27(35)32(23)17-9-10-21(36-3)18(28)13-17/h5-13,23,33H,1-4H3/b24-22+. The fourth-order valence-corrected chi connectivity index (χ4v) is 5.11. The van der Waals surface area contributed by atoms with Crippen LogP contribution in [0.15, 0.2) is 60.2 Å². The van der Waals surface area contributed by atoms with Gasteiger partial charge in [0.25, 0.3) is 11.7 Å². The number of ketones is 1. The van der Waals surface area contributed by atoms with Crippen molar-refractivity contribution >= 4 is 63.6 Å². The second kappa shape index (κ2) is 10.5. The molecule has 37 heavy (non-hydrogen) atoms. The van der Waals surface area contributed by atoms with E-state index in [1.807, 2.05) is 31.1 Å². The number of hydrogen-bond donors (Lipinski definition) is 1. The molecule has 1 aliphatic heterocycles. The Bertz CT molecular complexity index is 1400. The van der Waals surface area contributed by atoms with Gasteiger partial charge in [-0.1, -0.05) is 46.9 Å². The highest BCUT2D eigenvalue weighted by Crippen LogP contribution is 2.45. The summed E-state index contributed by atoms with van der Waals surface area (Å²) in [5.74, 6) is -1.47. The molecule has 0 radical (unpaired) electrons. The molecular weight excluding hydrogens is 539 g/mol. The number of carbonyl (C=O) groups is 2. The molecule has 3 aromatic rings. The molecule has 1 fully saturated rings. The number of amides is 1. The van der Waals surface area contributed by atoms with Gasteiger partial charge in [0.05, 0.1) is 40.9 Å². The zero-order valence-electron chi connectivity index (χ0n) is 20.4. The Hall–Kier alpha value is -3.39. The molecule has 1 aliphatic rings. The highest BCUT2D eigenvalue weighted by molar-refractivity contribution is 6.52. The van der Waals surface area contributed by atoms with Gasteiger partial charge in [-0.3, -0.25) is 14.5 Å². The smallest absolute Gasteiger partial charge is 0.300 e. The molecule has 1 N–H and O–H groups in total. The molecule has 1 unspecified atom stereocenters. The van der Waals surface area contributed by atoms with E-state index < -0.39 is 23.5 Å². The van der Waals surface area contributed by atoms with Crippen molar-refractivity contribution < 1.29 is 24.2 Å². The van der Waals surface area contributed by atoms with E-state index in [1.54, 1.807) is 24.3 Å². The van der Waals surface area contributed by atoms with E-state index in [9.17, 15) is 14.7 Å². The average Bonchev–Trinajstić information content (AvgIpc) is 3.13. The van der Waals surface area contributed by atoms with Crippen LogP contribution in [0.1, 0.15) is 17.2 Å². The van der Waals surface area contributed by atoms with Crippen LogP contribution in [0.3, 0.4) is 0 Å². The fourth-order valence-electron chi connectivity index (χ4n) is 4.22. The number of rotatable bonds is 6. The van der Waals surface area contributed by atoms with Gasteiger partial charge in [-0.2, -0.15) is 0 Å². The van der Waals surface area contributed by atoms with E-state index in [4.69, 9.17) is 44.3 Å². The maximum absolute atomic E-state index is 13.4. The van der Waals surface area contributed by atoms with Crippen molar-refractivity contribution in [3.05, 3.63) is 86.4 Å². The number of ether oxygens (including phenoxy) is 2. The number of aliphatic hydroxyl groups excluding tert-OH is 1. The quantitative estimate of drug-likeness (QED) is 0.214. The van der Waals surface area contributed by atoms with Gasteiger partial charge in [-0.15, -0.1) is 0 Å². The van der Waals surface area contributed by atoms with Crippen LogP contribution in [0.2, 0.25) is 15.1 Å². The Morgan fingerprint density at radius 3 is 2.03 bits per heavy atom. The summed E-state index contributed by atoms with van der Waals surface area (Å²) in [6.45, 7) is 0. The van der Waals surface area contributed by atoms with Crippen molar-refractivity contribution in [2.24, 2.45) is 0 Å². The molecule has 10 heteroatoms. The fraction of sp³-hybridized carbons (Fsp3) is 0.185. The maximum Gasteiger partial charge on any atom is 0.300 e.